The van der Waals surface area contributed by atoms with Crippen LogP contribution in [-0.2, 0) is 14.4 Å². The van der Waals surface area contributed by atoms with Gasteiger partial charge in [-0.05, 0) is 36.9 Å². The molecular weight excluding hydrogens is 374 g/mol. The molecule has 4 N–H and O–H groups in total. The lowest BCUT2D eigenvalue weighted by Crippen LogP contribution is -2.54. The molecule has 1 heterocycles. The summed E-state index contributed by atoms with van der Waals surface area (Å²) >= 11 is 5.99. The van der Waals surface area contributed by atoms with Crippen molar-refractivity contribution in [1.29, 1.82) is 0 Å². The van der Waals surface area contributed by atoms with E-state index in [0.717, 1.165) is 16.2 Å². The first-order chi connectivity index (χ1) is 12.0. The zero-order valence-corrected chi connectivity index (χ0v) is 17.4. The fourth-order valence-electron chi connectivity index (χ4n) is 2.44. The molecule has 0 radical (unpaired) electrons. The monoisotopic (exact) mass is 401 g/mol. The first-order valence-electron chi connectivity index (χ1n) is 8.48. The van der Waals surface area contributed by atoms with Gasteiger partial charge in [-0.25, -0.2) is 4.90 Å². The number of amides is 3. The molecule has 0 spiro atoms. The summed E-state index contributed by atoms with van der Waals surface area (Å²) in [4.78, 5) is 38.3. The van der Waals surface area contributed by atoms with Crippen LogP contribution in [0.4, 0.5) is 5.13 Å². The molecule has 8 nitrogen and oxygen atoms in total. The van der Waals surface area contributed by atoms with Gasteiger partial charge >= 0.3 is 0 Å². The number of hydrogen-bond acceptors (Lipinski definition) is 7. The number of aromatic amines is 1. The van der Waals surface area contributed by atoms with E-state index in [1.807, 2.05) is 27.7 Å². The number of carbonyl (C=O) groups is 3. The van der Waals surface area contributed by atoms with Crippen molar-refractivity contribution in [2.75, 3.05) is 4.90 Å². The van der Waals surface area contributed by atoms with Gasteiger partial charge in [-0.1, -0.05) is 39.0 Å². The molecule has 146 valence electrons. The Morgan fingerprint density at radius 1 is 1.23 bits per heavy atom. The number of rotatable bonds is 8. The van der Waals surface area contributed by atoms with Crippen LogP contribution in [0.5, 0.6) is 0 Å². The second-order valence-electron chi connectivity index (χ2n) is 7.02. The normalized spacial score (nSPS) is 13.5. The Bertz CT molecular complexity index is 698. The Kier molecular flexibility index (Phi) is 8.51. The van der Waals surface area contributed by atoms with Crippen LogP contribution in [0, 0.1) is 15.8 Å². The lowest BCUT2D eigenvalue weighted by atomic mass is 10.0. The van der Waals surface area contributed by atoms with Gasteiger partial charge in [0.1, 0.15) is 6.04 Å². The molecule has 26 heavy (non-hydrogen) atoms. The van der Waals surface area contributed by atoms with E-state index in [0.29, 0.717) is 16.8 Å². The van der Waals surface area contributed by atoms with E-state index in [1.165, 1.54) is 6.92 Å². The van der Waals surface area contributed by atoms with Crippen LogP contribution in [0.2, 0.25) is 0 Å². The van der Waals surface area contributed by atoms with Gasteiger partial charge in [-0.15, -0.1) is 5.10 Å². The summed E-state index contributed by atoms with van der Waals surface area (Å²) in [7, 11) is 0. The molecule has 3 amide bonds. The second-order valence-corrected chi connectivity index (χ2v) is 8.66. The minimum Gasteiger partial charge on any atom is -0.343 e. The Labute approximate surface area is 162 Å². The van der Waals surface area contributed by atoms with Crippen LogP contribution < -0.4 is 16.0 Å². The number of anilines is 1. The predicted octanol–water partition coefficient (Wildman–Crippen LogP) is 1.98. The average molecular weight is 402 g/mol. The summed E-state index contributed by atoms with van der Waals surface area (Å²) < 4.78 is 0.349. The number of nitrogens with two attached hydrogens (primary N) is 1. The topological polar surface area (TPSA) is 121 Å². The van der Waals surface area contributed by atoms with E-state index in [4.69, 9.17) is 18.0 Å². The maximum Gasteiger partial charge on any atom is 0.258 e. The molecule has 2 atom stereocenters. The third kappa shape index (κ3) is 6.58. The Hall–Kier alpha value is -1.65. The molecule has 1 aromatic heterocycles. The van der Waals surface area contributed by atoms with Gasteiger partial charge in [-0.2, -0.15) is 0 Å². The highest BCUT2D eigenvalue weighted by molar-refractivity contribution is 7.73. The van der Waals surface area contributed by atoms with Crippen LogP contribution in [0.3, 0.4) is 0 Å². The molecule has 0 fully saturated rings. The van der Waals surface area contributed by atoms with Crippen molar-refractivity contribution in [2.45, 2.75) is 59.5 Å². The molecule has 0 aliphatic rings. The van der Waals surface area contributed by atoms with Gasteiger partial charge in [0.15, 0.2) is 3.95 Å². The largest absolute Gasteiger partial charge is 0.343 e. The van der Waals surface area contributed by atoms with Crippen molar-refractivity contribution in [2.24, 2.45) is 17.6 Å². The first-order valence-corrected chi connectivity index (χ1v) is 9.71. The zero-order valence-electron chi connectivity index (χ0n) is 15.7. The fraction of sp³-hybridized carbons (Fsp3) is 0.688. The van der Waals surface area contributed by atoms with E-state index in [1.54, 1.807) is 0 Å². The molecule has 1 aromatic rings. The fourth-order valence-corrected chi connectivity index (χ4v) is 3.37. The number of hydrogen-bond donors (Lipinski definition) is 3. The van der Waals surface area contributed by atoms with Crippen LogP contribution in [-0.4, -0.2) is 40.0 Å². The van der Waals surface area contributed by atoms with E-state index in [9.17, 15) is 14.4 Å². The van der Waals surface area contributed by atoms with Crippen LogP contribution >= 0.6 is 23.6 Å². The number of nitrogens with one attached hydrogen (secondary N) is 2. The van der Waals surface area contributed by atoms with Gasteiger partial charge in [0.2, 0.25) is 16.9 Å². The summed E-state index contributed by atoms with van der Waals surface area (Å²) in [6.07, 6.45) is 0.879. The number of aromatic nitrogens is 2. The number of imide groups is 1. The van der Waals surface area contributed by atoms with Gasteiger partial charge in [0.05, 0.1) is 6.04 Å². The highest BCUT2D eigenvalue weighted by atomic mass is 32.1. The van der Waals surface area contributed by atoms with Crippen molar-refractivity contribution in [3.8, 4) is 0 Å². The summed E-state index contributed by atoms with van der Waals surface area (Å²) in [6, 6.07) is -1.59. The minimum absolute atomic E-state index is 0.122. The lowest BCUT2D eigenvalue weighted by Gasteiger charge is -2.26. The lowest BCUT2D eigenvalue weighted by molar-refractivity contribution is -0.131. The third-order valence-electron chi connectivity index (χ3n) is 3.54. The average Bonchev–Trinajstić information content (AvgIpc) is 2.90. The first kappa shape index (κ1) is 22.4. The predicted molar refractivity (Wildman–Crippen MR) is 104 cm³/mol. The summed E-state index contributed by atoms with van der Waals surface area (Å²) in [6.45, 7) is 9.05. The molecule has 1 rings (SSSR count). The van der Waals surface area contributed by atoms with E-state index >= 15 is 0 Å². The summed E-state index contributed by atoms with van der Waals surface area (Å²) in [5.41, 5.74) is 5.91. The maximum absolute atomic E-state index is 13.0. The number of nitrogens with zero attached hydrogens (tertiary/aromatic N) is 2. The van der Waals surface area contributed by atoms with Crippen LogP contribution in [0.25, 0.3) is 0 Å². The second kappa shape index (κ2) is 9.89. The molecule has 0 bridgehead atoms. The van der Waals surface area contributed by atoms with Crippen molar-refractivity contribution in [1.82, 2.24) is 15.5 Å². The molecule has 0 aromatic carbocycles. The smallest absolute Gasteiger partial charge is 0.258 e. The van der Waals surface area contributed by atoms with Crippen molar-refractivity contribution < 1.29 is 14.4 Å². The Morgan fingerprint density at radius 2 is 1.81 bits per heavy atom. The molecule has 0 aliphatic heterocycles. The van der Waals surface area contributed by atoms with Crippen molar-refractivity contribution in [3.05, 3.63) is 3.95 Å². The SMILES string of the molecule is CC(=O)N(C(=O)[C@H](CC(C)C)NC(=O)[C@@H](N)CC(C)C)c1n[nH]c(=S)s1. The van der Waals surface area contributed by atoms with Crippen LogP contribution in [0.1, 0.15) is 47.5 Å². The van der Waals surface area contributed by atoms with E-state index < -0.39 is 29.8 Å². The van der Waals surface area contributed by atoms with Crippen molar-refractivity contribution in [3.63, 3.8) is 0 Å². The molecule has 10 heteroatoms. The van der Waals surface area contributed by atoms with Crippen molar-refractivity contribution >= 4 is 46.4 Å². The quantitative estimate of drug-likeness (QED) is 0.573. The van der Waals surface area contributed by atoms with Crippen LogP contribution in [0.15, 0.2) is 0 Å². The van der Waals surface area contributed by atoms with Gasteiger partial charge < -0.3 is 11.1 Å². The highest BCUT2D eigenvalue weighted by Gasteiger charge is 2.32. The molecular formula is C16H27N5O3S2. The third-order valence-corrected chi connectivity index (χ3v) is 4.61. The van der Waals surface area contributed by atoms with Gasteiger partial charge in [0, 0.05) is 6.92 Å². The van der Waals surface area contributed by atoms with Gasteiger partial charge in [-0.3, -0.25) is 19.5 Å². The Morgan fingerprint density at radius 3 is 2.23 bits per heavy atom. The number of carbonyl (C=O) groups excluding carboxylic acids is 3. The molecule has 0 unspecified atom stereocenters. The summed E-state index contributed by atoms with van der Waals surface area (Å²) in [5, 5.41) is 9.31. The molecule has 0 saturated carbocycles. The zero-order chi connectivity index (χ0) is 20.0. The minimum atomic E-state index is -0.873. The summed E-state index contributed by atoms with van der Waals surface area (Å²) in [5.74, 6) is -1.08. The Balaban J connectivity index is 3.05. The maximum atomic E-state index is 13.0. The molecule has 0 saturated heterocycles. The van der Waals surface area contributed by atoms with Gasteiger partial charge in [0.25, 0.3) is 5.91 Å². The van der Waals surface area contributed by atoms with E-state index in [-0.39, 0.29) is 17.0 Å². The van der Waals surface area contributed by atoms with E-state index in [2.05, 4.69) is 15.5 Å². The molecule has 0 aliphatic carbocycles. The highest BCUT2D eigenvalue weighted by Crippen LogP contribution is 2.20. The number of H-pyrrole nitrogens is 1. The standard InChI is InChI=1S/C16H27N5O3S2/c1-8(2)6-11(17)13(23)18-12(7-9(3)4)14(24)21(10(5)22)15-19-20-16(25)26-15/h8-9,11-12H,6-7,17H2,1-5H3,(H,18,23)(H,20,25)/t11-,12-/m0/s1.